The molecular weight excluding hydrogens is 279 g/mol. The number of aliphatic carboxylic acids is 1. The molecule has 2 rings (SSSR count). The van der Waals surface area contributed by atoms with Gasteiger partial charge in [0.15, 0.2) is 0 Å². The first-order valence-electron chi connectivity index (χ1n) is 6.23. The summed E-state index contributed by atoms with van der Waals surface area (Å²) >= 11 is 0. The van der Waals surface area contributed by atoms with Crippen molar-refractivity contribution < 1.29 is 27.9 Å². The lowest BCUT2D eigenvalue weighted by atomic mass is 9.79. The molecule has 0 radical (unpaired) electrons. The number of amides is 2. The fourth-order valence-electron chi connectivity index (χ4n) is 2.39. The summed E-state index contributed by atoms with van der Waals surface area (Å²) in [7, 11) is 1.70. The summed E-state index contributed by atoms with van der Waals surface area (Å²) in [5.74, 6) is -2.76. The van der Waals surface area contributed by atoms with Gasteiger partial charge in [0.05, 0.1) is 5.54 Å². The predicted octanol–water partition coefficient (Wildman–Crippen LogP) is 0.787. The lowest BCUT2D eigenvalue weighted by Gasteiger charge is -2.54. The van der Waals surface area contributed by atoms with E-state index in [0.717, 1.165) is 32.5 Å². The average molecular weight is 297 g/mol. The minimum Gasteiger partial charge on any atom is -0.475 e. The molecular formula is C11H18F3N3O3. The molecule has 20 heavy (non-hydrogen) atoms. The molecule has 0 saturated carbocycles. The maximum Gasteiger partial charge on any atom is 0.490 e. The zero-order valence-corrected chi connectivity index (χ0v) is 11.1. The van der Waals surface area contributed by atoms with Crippen molar-refractivity contribution >= 4 is 12.0 Å². The monoisotopic (exact) mass is 297 g/mol. The fraction of sp³-hybridized carbons (Fsp3) is 0.818. The number of halogens is 3. The van der Waals surface area contributed by atoms with Gasteiger partial charge in [0.2, 0.25) is 0 Å². The molecule has 6 nitrogen and oxygen atoms in total. The van der Waals surface area contributed by atoms with E-state index in [1.54, 1.807) is 7.05 Å². The molecule has 1 unspecified atom stereocenters. The Kier molecular flexibility index (Phi) is 5.21. The highest BCUT2D eigenvalue weighted by Gasteiger charge is 2.47. The SMILES string of the molecule is CNC(=O)N1CCC12CCCNC2.O=C(O)C(F)(F)F. The minimum atomic E-state index is -5.08. The lowest BCUT2D eigenvalue weighted by Crippen LogP contribution is -2.69. The highest BCUT2D eigenvalue weighted by molar-refractivity contribution is 5.76. The van der Waals surface area contributed by atoms with Crippen LogP contribution in [-0.2, 0) is 4.79 Å². The third-order valence-corrected chi connectivity index (χ3v) is 3.52. The number of carboxylic acid groups (broad SMARTS) is 1. The highest BCUT2D eigenvalue weighted by atomic mass is 19.4. The zero-order valence-electron chi connectivity index (χ0n) is 11.1. The second kappa shape index (κ2) is 6.29. The molecule has 9 heteroatoms. The normalized spacial score (nSPS) is 25.3. The van der Waals surface area contributed by atoms with Gasteiger partial charge in [-0.15, -0.1) is 0 Å². The Hall–Kier alpha value is -1.51. The van der Waals surface area contributed by atoms with E-state index >= 15 is 0 Å². The second-order valence-corrected chi connectivity index (χ2v) is 4.76. The van der Waals surface area contributed by atoms with Crippen LogP contribution in [0.25, 0.3) is 0 Å². The first-order valence-corrected chi connectivity index (χ1v) is 6.23. The Morgan fingerprint density at radius 1 is 1.35 bits per heavy atom. The van der Waals surface area contributed by atoms with E-state index in [0.29, 0.717) is 0 Å². The van der Waals surface area contributed by atoms with Crippen LogP contribution in [0.15, 0.2) is 0 Å². The number of urea groups is 1. The Bertz CT molecular complexity index is 368. The molecule has 0 bridgehead atoms. The third-order valence-electron chi connectivity index (χ3n) is 3.52. The number of piperidine rings is 1. The number of likely N-dealkylation sites (tertiary alicyclic amines) is 1. The van der Waals surface area contributed by atoms with Crippen molar-refractivity contribution in [1.29, 1.82) is 0 Å². The van der Waals surface area contributed by atoms with Crippen molar-refractivity contribution in [2.24, 2.45) is 0 Å². The number of carboxylic acids is 1. The zero-order chi connectivity index (χ0) is 15.4. The number of hydrogen-bond donors (Lipinski definition) is 3. The van der Waals surface area contributed by atoms with Gasteiger partial charge in [-0.1, -0.05) is 0 Å². The molecule has 2 amide bonds. The van der Waals surface area contributed by atoms with Crippen LogP contribution in [0.1, 0.15) is 19.3 Å². The summed E-state index contributed by atoms with van der Waals surface area (Å²) < 4.78 is 31.7. The quantitative estimate of drug-likeness (QED) is 0.617. The molecule has 2 aliphatic rings. The van der Waals surface area contributed by atoms with E-state index in [9.17, 15) is 18.0 Å². The van der Waals surface area contributed by atoms with E-state index in [-0.39, 0.29) is 11.6 Å². The van der Waals surface area contributed by atoms with Gasteiger partial charge >= 0.3 is 18.2 Å². The van der Waals surface area contributed by atoms with Crippen molar-refractivity contribution in [3.05, 3.63) is 0 Å². The van der Waals surface area contributed by atoms with Crippen LogP contribution < -0.4 is 10.6 Å². The van der Waals surface area contributed by atoms with Gasteiger partial charge in [0.1, 0.15) is 0 Å². The Labute approximate surface area is 114 Å². The molecule has 0 aromatic carbocycles. The smallest absolute Gasteiger partial charge is 0.475 e. The van der Waals surface area contributed by atoms with Gasteiger partial charge in [-0.3, -0.25) is 0 Å². The molecule has 3 N–H and O–H groups in total. The summed E-state index contributed by atoms with van der Waals surface area (Å²) in [6, 6.07) is 0.0787. The maximum absolute atomic E-state index is 11.5. The molecule has 2 saturated heterocycles. The topological polar surface area (TPSA) is 81.7 Å². The van der Waals surface area contributed by atoms with Crippen molar-refractivity contribution in [1.82, 2.24) is 15.5 Å². The number of rotatable bonds is 0. The Balaban J connectivity index is 0.000000246. The number of nitrogens with zero attached hydrogens (tertiary/aromatic N) is 1. The fourth-order valence-corrected chi connectivity index (χ4v) is 2.39. The summed E-state index contributed by atoms with van der Waals surface area (Å²) in [6.45, 7) is 2.99. The van der Waals surface area contributed by atoms with Gasteiger partial charge in [0, 0.05) is 20.1 Å². The van der Waals surface area contributed by atoms with Crippen LogP contribution >= 0.6 is 0 Å². The molecule has 2 aliphatic heterocycles. The Morgan fingerprint density at radius 3 is 2.25 bits per heavy atom. The third kappa shape index (κ3) is 3.75. The van der Waals surface area contributed by atoms with Crippen molar-refractivity contribution in [2.75, 3.05) is 26.7 Å². The molecule has 116 valence electrons. The van der Waals surface area contributed by atoms with Crippen LogP contribution in [0, 0.1) is 0 Å². The summed E-state index contributed by atoms with van der Waals surface area (Å²) in [6.07, 6.45) is -1.58. The number of carbonyl (C=O) groups excluding carboxylic acids is 1. The Morgan fingerprint density at radius 2 is 1.95 bits per heavy atom. The summed E-state index contributed by atoms with van der Waals surface area (Å²) in [5, 5.41) is 13.2. The van der Waals surface area contributed by atoms with Crippen LogP contribution in [-0.4, -0.2) is 60.4 Å². The molecule has 2 fully saturated rings. The maximum atomic E-state index is 11.5. The standard InChI is InChI=1S/C9H17N3O.C2HF3O2/c1-10-8(13)12-6-4-9(12)3-2-5-11-7-9;3-2(4,5)1(6)7/h11H,2-7H2,1H3,(H,10,13);(H,6,7). The van der Waals surface area contributed by atoms with E-state index < -0.39 is 12.1 Å². The van der Waals surface area contributed by atoms with E-state index in [2.05, 4.69) is 10.6 Å². The molecule has 0 aromatic heterocycles. The van der Waals surface area contributed by atoms with E-state index in [1.807, 2.05) is 4.90 Å². The van der Waals surface area contributed by atoms with Crippen LogP contribution in [0.2, 0.25) is 0 Å². The average Bonchev–Trinajstić information content (AvgIpc) is 2.38. The number of hydrogen-bond acceptors (Lipinski definition) is 3. The van der Waals surface area contributed by atoms with E-state index in [4.69, 9.17) is 9.90 Å². The first kappa shape index (κ1) is 16.5. The van der Waals surface area contributed by atoms with Crippen LogP contribution in [0.5, 0.6) is 0 Å². The van der Waals surface area contributed by atoms with Crippen molar-refractivity contribution in [2.45, 2.75) is 31.0 Å². The number of nitrogens with one attached hydrogen (secondary N) is 2. The van der Waals surface area contributed by atoms with Crippen molar-refractivity contribution in [3.8, 4) is 0 Å². The minimum absolute atomic E-state index is 0.0787. The van der Waals surface area contributed by atoms with Gasteiger partial charge in [0.25, 0.3) is 0 Å². The van der Waals surface area contributed by atoms with Crippen LogP contribution in [0.3, 0.4) is 0 Å². The van der Waals surface area contributed by atoms with Crippen LogP contribution in [0.4, 0.5) is 18.0 Å². The molecule has 1 spiro atoms. The largest absolute Gasteiger partial charge is 0.490 e. The van der Waals surface area contributed by atoms with Gasteiger partial charge in [-0.25, -0.2) is 9.59 Å². The first-order chi connectivity index (χ1) is 9.23. The number of carbonyl (C=O) groups is 2. The van der Waals surface area contributed by atoms with Crippen molar-refractivity contribution in [3.63, 3.8) is 0 Å². The summed E-state index contributed by atoms with van der Waals surface area (Å²) in [4.78, 5) is 22.3. The predicted molar refractivity (Wildman–Crippen MR) is 64.3 cm³/mol. The molecule has 0 aromatic rings. The second-order valence-electron chi connectivity index (χ2n) is 4.76. The molecule has 1 atom stereocenters. The molecule has 0 aliphatic carbocycles. The summed E-state index contributed by atoms with van der Waals surface area (Å²) in [5.41, 5.74) is 0.151. The van der Waals surface area contributed by atoms with Gasteiger partial charge in [-0.05, 0) is 25.8 Å². The van der Waals surface area contributed by atoms with E-state index in [1.165, 1.54) is 6.42 Å². The highest BCUT2D eigenvalue weighted by Crippen LogP contribution is 2.35. The van der Waals surface area contributed by atoms with Gasteiger partial charge in [-0.2, -0.15) is 13.2 Å². The number of alkyl halides is 3. The van der Waals surface area contributed by atoms with Gasteiger partial charge < -0.3 is 20.6 Å². The molecule has 2 heterocycles. The lowest BCUT2D eigenvalue weighted by molar-refractivity contribution is -0.192.